The summed E-state index contributed by atoms with van der Waals surface area (Å²) in [4.78, 5) is 11.1. The Bertz CT molecular complexity index is 336. The molecule has 0 unspecified atom stereocenters. The number of Topliss-reactive ketones (excluding diaryl/α,β-unsaturated/α-hetero) is 1. The van der Waals surface area contributed by atoms with E-state index in [4.69, 9.17) is 0 Å². The van der Waals surface area contributed by atoms with Crippen molar-refractivity contribution in [2.24, 2.45) is 0 Å². The van der Waals surface area contributed by atoms with Crippen molar-refractivity contribution in [2.45, 2.75) is 6.92 Å². The predicted molar refractivity (Wildman–Crippen MR) is 64.6 cm³/mol. The Morgan fingerprint density at radius 3 is 2.42 bits per heavy atom. The summed E-state index contributed by atoms with van der Waals surface area (Å²) in [6.07, 6.45) is 0. The largest absolute Gasteiger partial charge is 0.294 e. The molecule has 0 aliphatic rings. The lowest BCUT2D eigenvalue weighted by atomic mass is 10.2. The molecule has 64 valence electrons. The molecule has 0 aromatic heterocycles. The van der Waals surface area contributed by atoms with Gasteiger partial charge in [0.2, 0.25) is 0 Å². The summed E-state index contributed by atoms with van der Waals surface area (Å²) in [7, 11) is 0. The summed E-state index contributed by atoms with van der Waals surface area (Å²) in [6.45, 7) is 1.55. The van der Waals surface area contributed by atoms with Gasteiger partial charge in [0.25, 0.3) is 0 Å². The third-order valence-electron chi connectivity index (χ3n) is 1.39. The van der Waals surface area contributed by atoms with Crippen molar-refractivity contribution in [3.8, 4) is 0 Å². The molecular weight excluding hydrogens is 399 g/mol. The topological polar surface area (TPSA) is 17.1 Å². The molecule has 1 aromatic carbocycles. The molecule has 0 saturated heterocycles. The van der Waals surface area contributed by atoms with Crippen LogP contribution in [0.25, 0.3) is 0 Å². The van der Waals surface area contributed by atoms with Crippen molar-refractivity contribution in [1.82, 2.24) is 0 Å². The van der Waals surface area contributed by atoms with E-state index in [1.807, 2.05) is 12.1 Å². The number of hydrogen-bond donors (Lipinski definition) is 0. The number of ketones is 1. The first-order valence-electron chi connectivity index (χ1n) is 3.18. The lowest BCUT2D eigenvalue weighted by molar-refractivity contribution is 0.101. The SMILES string of the molecule is CC(=O)c1cc(Br)c(I)cc1Br. The predicted octanol–water partition coefficient (Wildman–Crippen LogP) is 4.02. The van der Waals surface area contributed by atoms with Crippen LogP contribution in [0.15, 0.2) is 21.1 Å². The quantitative estimate of drug-likeness (QED) is 0.393. The van der Waals surface area contributed by atoms with Gasteiger partial charge in [-0.1, -0.05) is 15.9 Å². The lowest BCUT2D eigenvalue weighted by Gasteiger charge is -2.02. The fraction of sp³-hybridized carbons (Fsp3) is 0.125. The van der Waals surface area contributed by atoms with Gasteiger partial charge < -0.3 is 0 Å². The van der Waals surface area contributed by atoms with E-state index in [1.54, 1.807) is 6.92 Å². The highest BCUT2D eigenvalue weighted by Gasteiger charge is 2.07. The third kappa shape index (κ3) is 2.29. The van der Waals surface area contributed by atoms with Gasteiger partial charge in [-0.3, -0.25) is 4.79 Å². The molecule has 12 heavy (non-hydrogen) atoms. The lowest BCUT2D eigenvalue weighted by Crippen LogP contribution is -1.94. The molecule has 0 radical (unpaired) electrons. The highest BCUT2D eigenvalue weighted by Crippen LogP contribution is 2.27. The van der Waals surface area contributed by atoms with Gasteiger partial charge in [0, 0.05) is 18.1 Å². The first-order chi connectivity index (χ1) is 5.52. The van der Waals surface area contributed by atoms with Crippen LogP contribution in [0.5, 0.6) is 0 Å². The van der Waals surface area contributed by atoms with E-state index in [9.17, 15) is 4.79 Å². The summed E-state index contributed by atoms with van der Waals surface area (Å²) in [5.74, 6) is 0.0685. The van der Waals surface area contributed by atoms with Crippen LogP contribution >= 0.6 is 54.5 Å². The maximum absolute atomic E-state index is 11.1. The van der Waals surface area contributed by atoms with E-state index in [1.165, 1.54) is 0 Å². The van der Waals surface area contributed by atoms with Crippen molar-refractivity contribution < 1.29 is 4.79 Å². The molecule has 1 aromatic rings. The second kappa shape index (κ2) is 4.19. The average molecular weight is 404 g/mol. The van der Waals surface area contributed by atoms with Crippen LogP contribution in [0.2, 0.25) is 0 Å². The smallest absolute Gasteiger partial charge is 0.160 e. The molecule has 1 rings (SSSR count). The fourth-order valence-corrected chi connectivity index (χ4v) is 2.65. The van der Waals surface area contributed by atoms with Gasteiger partial charge >= 0.3 is 0 Å². The first kappa shape index (κ1) is 10.7. The second-order valence-electron chi connectivity index (χ2n) is 2.30. The van der Waals surface area contributed by atoms with Gasteiger partial charge in [-0.05, 0) is 57.6 Å². The fourth-order valence-electron chi connectivity index (χ4n) is 0.792. The molecule has 0 fully saturated rings. The van der Waals surface area contributed by atoms with E-state index in [0.717, 1.165) is 12.5 Å². The standard InChI is InChI=1S/C8H5Br2IO/c1-4(12)5-2-7(10)8(11)3-6(5)9/h2-3H,1H3. The maximum Gasteiger partial charge on any atom is 0.160 e. The highest BCUT2D eigenvalue weighted by molar-refractivity contribution is 14.1. The van der Waals surface area contributed by atoms with Crippen LogP contribution in [-0.2, 0) is 0 Å². The summed E-state index contributed by atoms with van der Waals surface area (Å²) < 4.78 is 2.89. The Balaban J connectivity index is 3.33. The number of benzene rings is 1. The summed E-state index contributed by atoms with van der Waals surface area (Å²) in [5, 5.41) is 0. The Morgan fingerprint density at radius 1 is 1.33 bits per heavy atom. The molecule has 0 amide bonds. The van der Waals surface area contributed by atoms with E-state index in [2.05, 4.69) is 54.5 Å². The average Bonchev–Trinajstić information content (AvgIpc) is 1.96. The summed E-state index contributed by atoms with van der Waals surface area (Å²) >= 11 is 8.91. The summed E-state index contributed by atoms with van der Waals surface area (Å²) in [6, 6.07) is 3.75. The van der Waals surface area contributed by atoms with Crippen molar-refractivity contribution >= 4 is 60.2 Å². The highest BCUT2D eigenvalue weighted by atomic mass is 127. The third-order valence-corrected chi connectivity index (χ3v) is 4.34. The number of carbonyl (C=O) groups excluding carboxylic acids is 1. The number of carbonyl (C=O) groups is 1. The van der Waals surface area contributed by atoms with Crippen molar-refractivity contribution in [3.05, 3.63) is 30.2 Å². The number of halogens is 3. The van der Waals surface area contributed by atoms with Crippen molar-refractivity contribution in [3.63, 3.8) is 0 Å². The van der Waals surface area contributed by atoms with E-state index in [-0.39, 0.29) is 5.78 Å². The van der Waals surface area contributed by atoms with Crippen molar-refractivity contribution in [2.75, 3.05) is 0 Å². The molecular formula is C8H5Br2IO. The molecule has 0 aliphatic carbocycles. The van der Waals surface area contributed by atoms with E-state index < -0.39 is 0 Å². The molecule has 0 heterocycles. The zero-order valence-electron chi connectivity index (χ0n) is 6.20. The Hall–Kier alpha value is 0.580. The van der Waals surface area contributed by atoms with Crippen LogP contribution in [0, 0.1) is 3.57 Å². The molecule has 0 aliphatic heterocycles. The molecule has 0 N–H and O–H groups in total. The minimum Gasteiger partial charge on any atom is -0.294 e. The minimum atomic E-state index is 0.0685. The molecule has 0 spiro atoms. The second-order valence-corrected chi connectivity index (χ2v) is 5.17. The van der Waals surface area contributed by atoms with Gasteiger partial charge in [-0.25, -0.2) is 0 Å². The normalized spacial score (nSPS) is 10.0. The van der Waals surface area contributed by atoms with Gasteiger partial charge in [-0.2, -0.15) is 0 Å². The van der Waals surface area contributed by atoms with Gasteiger partial charge in [0.05, 0.1) is 0 Å². The molecule has 0 bridgehead atoms. The summed E-state index contributed by atoms with van der Waals surface area (Å²) in [5.41, 5.74) is 0.710. The maximum atomic E-state index is 11.1. The molecule has 4 heteroatoms. The van der Waals surface area contributed by atoms with Gasteiger partial charge in [-0.15, -0.1) is 0 Å². The zero-order valence-corrected chi connectivity index (χ0v) is 11.5. The van der Waals surface area contributed by atoms with Crippen LogP contribution in [-0.4, -0.2) is 5.78 Å². The minimum absolute atomic E-state index is 0.0685. The van der Waals surface area contributed by atoms with Crippen LogP contribution in [0.1, 0.15) is 17.3 Å². The molecule has 0 saturated carbocycles. The molecule has 1 nitrogen and oxygen atoms in total. The van der Waals surface area contributed by atoms with Crippen molar-refractivity contribution in [1.29, 1.82) is 0 Å². The number of hydrogen-bond acceptors (Lipinski definition) is 1. The van der Waals surface area contributed by atoms with Gasteiger partial charge in [0.15, 0.2) is 5.78 Å². The zero-order chi connectivity index (χ0) is 9.30. The Morgan fingerprint density at radius 2 is 1.92 bits per heavy atom. The van der Waals surface area contributed by atoms with Gasteiger partial charge in [0.1, 0.15) is 0 Å². The van der Waals surface area contributed by atoms with Crippen LogP contribution < -0.4 is 0 Å². The first-order valence-corrected chi connectivity index (χ1v) is 5.84. The van der Waals surface area contributed by atoms with E-state index in [0.29, 0.717) is 5.56 Å². The van der Waals surface area contributed by atoms with Crippen LogP contribution in [0.3, 0.4) is 0 Å². The molecule has 0 atom stereocenters. The Labute approximate surface area is 101 Å². The van der Waals surface area contributed by atoms with Crippen LogP contribution in [0.4, 0.5) is 0 Å². The monoisotopic (exact) mass is 402 g/mol. The number of rotatable bonds is 1. The van der Waals surface area contributed by atoms with E-state index >= 15 is 0 Å². The Kier molecular flexibility index (Phi) is 3.73.